The van der Waals surface area contributed by atoms with Gasteiger partial charge in [-0.25, -0.2) is 4.57 Å². The molecule has 0 aromatic carbocycles. The molecule has 12 heavy (non-hydrogen) atoms. The maximum Gasteiger partial charge on any atom is 0.308 e. The zero-order chi connectivity index (χ0) is 9.14. The van der Waals surface area contributed by atoms with Crippen molar-refractivity contribution in [1.82, 2.24) is 0 Å². The van der Waals surface area contributed by atoms with E-state index in [-0.39, 0.29) is 6.42 Å². The Labute approximate surface area is 71.3 Å². The van der Waals surface area contributed by atoms with E-state index in [4.69, 9.17) is 5.11 Å². The molecule has 3 heteroatoms. The number of hydrogen-bond acceptors (Lipinski definition) is 1. The highest BCUT2D eigenvalue weighted by Crippen LogP contribution is 2.02. The summed E-state index contributed by atoms with van der Waals surface area (Å²) in [5.41, 5.74) is 1.87. The predicted octanol–water partition coefficient (Wildman–Crippen LogP) is 0.447. The lowest BCUT2D eigenvalue weighted by Crippen LogP contribution is -2.32. The molecule has 0 unspecified atom stereocenters. The van der Waals surface area contributed by atoms with Gasteiger partial charge < -0.3 is 5.11 Å². The molecule has 0 aliphatic rings. The van der Waals surface area contributed by atoms with E-state index in [1.165, 1.54) is 0 Å². The van der Waals surface area contributed by atoms with Crippen LogP contribution in [0.4, 0.5) is 0 Å². The molecule has 0 bridgehead atoms. The second kappa shape index (κ2) is 3.34. The standard InChI is InChI=1S/C9H11NO2/c1-7-8(6-9(11)12)4-3-5-10(7)2/h3-5H,6H2,1-2H3/p+1. The maximum atomic E-state index is 10.4. The Kier molecular flexibility index (Phi) is 2.43. The molecule has 1 rings (SSSR count). The van der Waals surface area contributed by atoms with Crippen molar-refractivity contribution in [2.45, 2.75) is 13.3 Å². The summed E-state index contributed by atoms with van der Waals surface area (Å²) in [4.78, 5) is 10.4. The fraction of sp³-hybridized carbons (Fsp3) is 0.333. The number of aliphatic carboxylic acids is 1. The molecule has 1 aromatic rings. The van der Waals surface area contributed by atoms with Gasteiger partial charge in [-0.05, 0) is 6.07 Å². The Bertz CT molecular complexity index is 307. The van der Waals surface area contributed by atoms with Crippen molar-refractivity contribution < 1.29 is 14.5 Å². The molecule has 0 aliphatic carbocycles. The van der Waals surface area contributed by atoms with E-state index in [0.717, 1.165) is 11.3 Å². The average Bonchev–Trinajstić information content (AvgIpc) is 1.98. The van der Waals surface area contributed by atoms with Crippen molar-refractivity contribution in [2.24, 2.45) is 7.05 Å². The van der Waals surface area contributed by atoms with Crippen LogP contribution in [0.1, 0.15) is 11.3 Å². The van der Waals surface area contributed by atoms with Crippen molar-refractivity contribution >= 4 is 5.97 Å². The third kappa shape index (κ3) is 1.81. The lowest BCUT2D eigenvalue weighted by atomic mass is 10.1. The zero-order valence-corrected chi connectivity index (χ0v) is 7.24. The van der Waals surface area contributed by atoms with E-state index in [2.05, 4.69) is 0 Å². The van der Waals surface area contributed by atoms with Crippen LogP contribution in [0.3, 0.4) is 0 Å². The molecule has 0 aliphatic heterocycles. The summed E-state index contributed by atoms with van der Waals surface area (Å²) in [5, 5.41) is 8.57. The van der Waals surface area contributed by atoms with Gasteiger partial charge in [0.1, 0.15) is 7.05 Å². The number of nitrogens with zero attached hydrogens (tertiary/aromatic N) is 1. The molecule has 0 radical (unpaired) electrons. The Morgan fingerprint density at radius 2 is 2.33 bits per heavy atom. The lowest BCUT2D eigenvalue weighted by molar-refractivity contribution is -0.678. The Hall–Kier alpha value is -1.38. The van der Waals surface area contributed by atoms with Crippen molar-refractivity contribution in [3.63, 3.8) is 0 Å². The molecule has 0 amide bonds. The topological polar surface area (TPSA) is 41.2 Å². The number of pyridine rings is 1. The molecule has 1 N–H and O–H groups in total. The van der Waals surface area contributed by atoms with E-state index in [1.54, 1.807) is 0 Å². The third-order valence-corrected chi connectivity index (χ3v) is 1.94. The second-order valence-electron chi connectivity index (χ2n) is 2.80. The summed E-state index contributed by atoms with van der Waals surface area (Å²) in [7, 11) is 1.90. The van der Waals surface area contributed by atoms with E-state index in [1.807, 2.05) is 36.9 Å². The largest absolute Gasteiger partial charge is 0.481 e. The van der Waals surface area contributed by atoms with E-state index in [0.29, 0.717) is 0 Å². The number of carbonyl (C=O) groups is 1. The zero-order valence-electron chi connectivity index (χ0n) is 7.24. The summed E-state index contributed by atoms with van der Waals surface area (Å²) < 4.78 is 1.91. The average molecular weight is 166 g/mol. The van der Waals surface area contributed by atoms with Gasteiger partial charge in [-0.3, -0.25) is 4.79 Å². The molecule has 0 saturated carbocycles. The molecule has 3 nitrogen and oxygen atoms in total. The normalized spacial score (nSPS) is 9.83. The lowest BCUT2D eigenvalue weighted by Gasteiger charge is -1.99. The minimum Gasteiger partial charge on any atom is -0.481 e. The molecule has 1 aromatic heterocycles. The van der Waals surface area contributed by atoms with Crippen molar-refractivity contribution in [3.05, 3.63) is 29.6 Å². The van der Waals surface area contributed by atoms with Crippen LogP contribution in [0.5, 0.6) is 0 Å². The molecule has 0 atom stereocenters. The van der Waals surface area contributed by atoms with Crippen LogP contribution in [0, 0.1) is 6.92 Å². The van der Waals surface area contributed by atoms with Gasteiger partial charge in [-0.15, -0.1) is 0 Å². The Balaban J connectivity index is 3.00. The van der Waals surface area contributed by atoms with Crippen LogP contribution < -0.4 is 4.57 Å². The number of aryl methyl sites for hydroxylation is 1. The first-order valence-electron chi connectivity index (χ1n) is 3.77. The molecule has 0 saturated heterocycles. The van der Waals surface area contributed by atoms with Gasteiger partial charge >= 0.3 is 5.97 Å². The first-order valence-corrected chi connectivity index (χ1v) is 3.77. The number of hydrogen-bond donors (Lipinski definition) is 1. The predicted molar refractivity (Wildman–Crippen MR) is 43.7 cm³/mol. The fourth-order valence-electron chi connectivity index (χ4n) is 1.10. The van der Waals surface area contributed by atoms with Gasteiger partial charge in [0.25, 0.3) is 0 Å². The fourth-order valence-corrected chi connectivity index (χ4v) is 1.10. The highest BCUT2D eigenvalue weighted by Gasteiger charge is 2.09. The van der Waals surface area contributed by atoms with Crippen molar-refractivity contribution in [3.8, 4) is 0 Å². The van der Waals surface area contributed by atoms with Crippen LogP contribution >= 0.6 is 0 Å². The van der Waals surface area contributed by atoms with E-state index in [9.17, 15) is 4.79 Å². The van der Waals surface area contributed by atoms with Gasteiger partial charge in [0, 0.05) is 18.6 Å². The van der Waals surface area contributed by atoms with Gasteiger partial charge in [0.2, 0.25) is 0 Å². The van der Waals surface area contributed by atoms with E-state index >= 15 is 0 Å². The third-order valence-electron chi connectivity index (χ3n) is 1.94. The number of carboxylic acids is 1. The summed E-state index contributed by atoms with van der Waals surface area (Å²) in [6.07, 6.45) is 2.00. The van der Waals surface area contributed by atoms with Crippen molar-refractivity contribution in [2.75, 3.05) is 0 Å². The smallest absolute Gasteiger partial charge is 0.308 e. The summed E-state index contributed by atoms with van der Waals surface area (Å²) in [5.74, 6) is -0.788. The first-order chi connectivity index (χ1) is 5.61. The second-order valence-corrected chi connectivity index (χ2v) is 2.80. The monoisotopic (exact) mass is 166 g/mol. The summed E-state index contributed by atoms with van der Waals surface area (Å²) >= 11 is 0. The number of carboxylic acid groups (broad SMARTS) is 1. The molecule has 0 fully saturated rings. The van der Waals surface area contributed by atoms with Crippen LogP contribution in [0.2, 0.25) is 0 Å². The maximum absolute atomic E-state index is 10.4. The number of aromatic nitrogens is 1. The highest BCUT2D eigenvalue weighted by molar-refractivity contribution is 5.70. The van der Waals surface area contributed by atoms with Crippen LogP contribution in [-0.2, 0) is 18.3 Å². The van der Waals surface area contributed by atoms with Crippen LogP contribution in [-0.4, -0.2) is 11.1 Å². The molecule has 64 valence electrons. The van der Waals surface area contributed by atoms with E-state index < -0.39 is 5.97 Å². The highest BCUT2D eigenvalue weighted by atomic mass is 16.4. The summed E-state index contributed by atoms with van der Waals surface area (Å²) in [6, 6.07) is 3.69. The van der Waals surface area contributed by atoms with Gasteiger partial charge in [0.05, 0.1) is 6.42 Å². The van der Waals surface area contributed by atoms with Gasteiger partial charge in [-0.2, -0.15) is 0 Å². The molecule has 1 heterocycles. The van der Waals surface area contributed by atoms with Gasteiger partial charge in [-0.1, -0.05) is 0 Å². The van der Waals surface area contributed by atoms with Crippen LogP contribution in [0.25, 0.3) is 0 Å². The minimum atomic E-state index is -0.788. The van der Waals surface area contributed by atoms with Crippen molar-refractivity contribution in [1.29, 1.82) is 0 Å². The summed E-state index contributed by atoms with van der Waals surface area (Å²) in [6.45, 7) is 1.91. The first kappa shape index (κ1) is 8.71. The molecular weight excluding hydrogens is 154 g/mol. The quantitative estimate of drug-likeness (QED) is 0.648. The number of rotatable bonds is 2. The Morgan fingerprint density at radius 3 is 2.92 bits per heavy atom. The molecular formula is C9H12NO2+. The van der Waals surface area contributed by atoms with Gasteiger partial charge in [0.15, 0.2) is 11.9 Å². The molecule has 0 spiro atoms. The van der Waals surface area contributed by atoms with Crippen LogP contribution in [0.15, 0.2) is 18.3 Å². The minimum absolute atomic E-state index is 0.0977. The Morgan fingerprint density at radius 1 is 1.67 bits per heavy atom. The SMILES string of the molecule is Cc1c(CC(=O)O)ccc[n+]1C.